The predicted molar refractivity (Wildman–Crippen MR) is 181 cm³/mol. The molecule has 1 spiro atoms. The van der Waals surface area contributed by atoms with Crippen molar-refractivity contribution in [1.82, 2.24) is 4.98 Å². The van der Waals surface area contributed by atoms with Crippen LogP contribution in [0.15, 0.2) is 60.0 Å². The number of Topliss-reactive ketones (excluding diaryl/α,β-unsaturated/α-hetero) is 2. The molecule has 256 valence electrons. The number of aliphatic hydroxyl groups is 5. The first-order valence-corrected chi connectivity index (χ1v) is 19.0. The number of allylic oxidation sites excluding steroid dienone is 4. The van der Waals surface area contributed by atoms with Crippen LogP contribution in [-0.2, 0) is 11.2 Å². The van der Waals surface area contributed by atoms with E-state index in [1.165, 1.54) is 27.7 Å². The molecule has 3 aliphatic carbocycles. The number of anilines is 1. The van der Waals surface area contributed by atoms with Crippen molar-refractivity contribution in [3.63, 3.8) is 0 Å². The molecule has 5 aliphatic rings. The standard InChI is InChI=1S/C35H40N2O9S2/c38-16-25-30(41)35(44)11-9-19-10-12-36-27(13-19)37-18-48-47-17-34-23(14-21(15-26(34)39)20-5-2-1-3-6-20)29(40)22-7-4-8-24(28(22)31(34)42)45-33(46-25)32(35)43/h4,7-8,10,12-15,20,23,25,30,32-33,38-39,41,43-44H,1-3,5-6,9,11,16-18H2,(H,36,37)/t23-,25-,30-,32+,33-,34+,35+/m1/s1. The summed E-state index contributed by atoms with van der Waals surface area (Å²) < 4.78 is 11.9. The van der Waals surface area contributed by atoms with E-state index in [0.717, 1.165) is 43.2 Å². The fraction of sp³-hybridized carbons (Fsp3) is 0.514. The number of nitrogens with one attached hydrogen (secondary N) is 1. The maximum atomic E-state index is 14.9. The van der Waals surface area contributed by atoms with Gasteiger partial charge in [0.1, 0.15) is 46.7 Å². The number of aryl methyl sites for hydroxylation is 1. The van der Waals surface area contributed by atoms with Crippen LogP contribution in [-0.4, -0.2) is 90.5 Å². The molecule has 3 heterocycles. The lowest BCUT2D eigenvalue weighted by atomic mass is 9.59. The van der Waals surface area contributed by atoms with Gasteiger partial charge in [-0.2, -0.15) is 0 Å². The van der Waals surface area contributed by atoms with Crippen LogP contribution in [0, 0.1) is 17.3 Å². The van der Waals surface area contributed by atoms with Crippen molar-refractivity contribution in [2.45, 2.75) is 75.1 Å². The van der Waals surface area contributed by atoms with Crippen molar-refractivity contribution >= 4 is 39.0 Å². The first-order valence-electron chi connectivity index (χ1n) is 16.5. The van der Waals surface area contributed by atoms with Gasteiger partial charge in [-0.15, -0.1) is 0 Å². The highest BCUT2D eigenvalue weighted by Crippen LogP contribution is 2.54. The highest BCUT2D eigenvalue weighted by atomic mass is 33.1. The number of ether oxygens (including phenoxy) is 2. The van der Waals surface area contributed by atoms with E-state index in [4.69, 9.17) is 9.47 Å². The minimum absolute atomic E-state index is 0.0525. The number of carbonyl (C=O) groups is 2. The predicted octanol–water partition coefficient (Wildman–Crippen LogP) is 3.97. The number of fused-ring (bicyclic) bond motifs is 4. The lowest BCUT2D eigenvalue weighted by Crippen LogP contribution is -2.68. The Morgan fingerprint density at radius 3 is 2.67 bits per heavy atom. The lowest BCUT2D eigenvalue weighted by molar-refractivity contribution is -0.315. The van der Waals surface area contributed by atoms with Gasteiger partial charge in [0.2, 0.25) is 6.29 Å². The molecule has 0 radical (unpaired) electrons. The Morgan fingerprint density at radius 2 is 1.88 bits per heavy atom. The molecule has 11 nitrogen and oxygen atoms in total. The topological polar surface area (TPSA) is 179 Å². The second-order valence-corrected chi connectivity index (χ2v) is 15.8. The van der Waals surface area contributed by atoms with Crippen molar-refractivity contribution in [2.24, 2.45) is 17.3 Å². The summed E-state index contributed by atoms with van der Waals surface area (Å²) in [5, 5.41) is 59.5. The molecule has 13 heteroatoms. The number of nitrogens with zero attached hydrogens (tertiary/aromatic N) is 1. The fourth-order valence-corrected chi connectivity index (χ4v) is 10.1. The summed E-state index contributed by atoms with van der Waals surface area (Å²) in [4.78, 5) is 33.7. The van der Waals surface area contributed by atoms with E-state index in [-0.39, 0.29) is 52.9 Å². The molecule has 7 rings (SSSR count). The average Bonchev–Trinajstić information content (AvgIpc) is 3.10. The quantitative estimate of drug-likeness (QED) is 0.249. The van der Waals surface area contributed by atoms with Gasteiger partial charge in [0.25, 0.3) is 0 Å². The zero-order chi connectivity index (χ0) is 33.6. The summed E-state index contributed by atoms with van der Waals surface area (Å²) in [7, 11) is 2.80. The van der Waals surface area contributed by atoms with Gasteiger partial charge in [-0.1, -0.05) is 59.1 Å². The van der Waals surface area contributed by atoms with E-state index in [1.807, 2.05) is 6.08 Å². The molecule has 1 saturated carbocycles. The highest BCUT2D eigenvalue weighted by molar-refractivity contribution is 8.76. The van der Waals surface area contributed by atoms with Crippen LogP contribution in [0.1, 0.15) is 64.8 Å². The van der Waals surface area contributed by atoms with E-state index in [0.29, 0.717) is 11.7 Å². The van der Waals surface area contributed by atoms with E-state index in [1.54, 1.807) is 36.5 Å². The zero-order valence-electron chi connectivity index (χ0n) is 26.3. The number of hydrogen-bond donors (Lipinski definition) is 6. The molecule has 6 N–H and O–H groups in total. The Bertz CT molecular complexity index is 1650. The minimum atomic E-state index is -2.17. The third kappa shape index (κ3) is 5.66. The van der Waals surface area contributed by atoms with Crippen molar-refractivity contribution in [3.8, 4) is 5.75 Å². The molecule has 6 bridgehead atoms. The van der Waals surface area contributed by atoms with Gasteiger partial charge in [0, 0.05) is 17.5 Å². The molecule has 48 heavy (non-hydrogen) atoms. The van der Waals surface area contributed by atoms with Gasteiger partial charge in [0.15, 0.2) is 11.6 Å². The van der Waals surface area contributed by atoms with E-state index >= 15 is 0 Å². The first kappa shape index (κ1) is 33.6. The number of pyridine rings is 1. The number of hydrogen-bond acceptors (Lipinski definition) is 13. The molecule has 2 aliphatic heterocycles. The van der Waals surface area contributed by atoms with Crippen LogP contribution in [0.25, 0.3) is 0 Å². The number of aromatic nitrogens is 1. The Hall–Kier alpha value is -2.91. The van der Waals surface area contributed by atoms with E-state index in [9.17, 15) is 35.1 Å². The van der Waals surface area contributed by atoms with Gasteiger partial charge in [0.05, 0.1) is 24.0 Å². The summed E-state index contributed by atoms with van der Waals surface area (Å²) in [5.74, 6) is -0.735. The second-order valence-electron chi connectivity index (χ2n) is 13.3. The maximum absolute atomic E-state index is 14.9. The number of ketones is 2. The number of rotatable bonds is 2. The smallest absolute Gasteiger partial charge is 0.229 e. The molecule has 0 unspecified atom stereocenters. The van der Waals surface area contributed by atoms with Gasteiger partial charge in [-0.25, -0.2) is 4.98 Å². The van der Waals surface area contributed by atoms with Gasteiger partial charge < -0.3 is 40.3 Å². The molecule has 2 fully saturated rings. The lowest BCUT2D eigenvalue weighted by Gasteiger charge is -2.48. The maximum Gasteiger partial charge on any atom is 0.229 e. The Morgan fingerprint density at radius 1 is 1.06 bits per heavy atom. The van der Waals surface area contributed by atoms with Crippen molar-refractivity contribution in [2.75, 3.05) is 23.6 Å². The molecular formula is C35H40N2O9S2. The summed E-state index contributed by atoms with van der Waals surface area (Å²) in [6.07, 6.45) is 4.09. The SMILES string of the molecule is O=C1c2cccc3c2C(=O)[C@]2(CSSCNc4cc(ccn4)CC[C@]4(O)[C@H](O)[C@@H](CO)O[C@@H](O3)[C@@H]4O)C(O)=CC(C3CCCCC3)=C[C@H]12. The van der Waals surface area contributed by atoms with Crippen LogP contribution >= 0.6 is 21.6 Å². The number of benzene rings is 1. The van der Waals surface area contributed by atoms with Crippen LogP contribution in [0.3, 0.4) is 0 Å². The fourth-order valence-electron chi connectivity index (χ4n) is 7.82. The summed E-state index contributed by atoms with van der Waals surface area (Å²) in [5.41, 5.74) is -2.03. The molecule has 1 aromatic carbocycles. The monoisotopic (exact) mass is 696 g/mol. The second kappa shape index (κ2) is 13.4. The van der Waals surface area contributed by atoms with E-state index in [2.05, 4.69) is 10.3 Å². The van der Waals surface area contributed by atoms with Crippen molar-refractivity contribution < 1.29 is 44.6 Å². The molecule has 1 saturated heterocycles. The molecule has 7 atom stereocenters. The van der Waals surface area contributed by atoms with Crippen LogP contribution in [0.2, 0.25) is 0 Å². The largest absolute Gasteiger partial charge is 0.511 e. The van der Waals surface area contributed by atoms with Crippen LogP contribution in [0.4, 0.5) is 5.82 Å². The Labute approximate surface area is 286 Å². The van der Waals surface area contributed by atoms with Crippen LogP contribution in [0.5, 0.6) is 5.75 Å². The molecule has 1 aromatic heterocycles. The third-order valence-corrected chi connectivity index (χ3v) is 12.8. The number of carbonyl (C=O) groups excluding carboxylic acids is 2. The molecule has 0 amide bonds. The zero-order valence-corrected chi connectivity index (χ0v) is 27.9. The van der Waals surface area contributed by atoms with Crippen molar-refractivity contribution in [3.05, 3.63) is 76.7 Å². The van der Waals surface area contributed by atoms with E-state index < -0.39 is 53.9 Å². The van der Waals surface area contributed by atoms with Gasteiger partial charge in [-0.3, -0.25) is 9.59 Å². The minimum Gasteiger partial charge on any atom is -0.511 e. The average molecular weight is 697 g/mol. The summed E-state index contributed by atoms with van der Waals surface area (Å²) >= 11 is 0. The molecular weight excluding hydrogens is 657 g/mol. The highest BCUT2D eigenvalue weighted by Gasteiger charge is 2.59. The first-order chi connectivity index (χ1) is 23.2. The van der Waals surface area contributed by atoms with Gasteiger partial charge in [-0.05, 0) is 67.0 Å². The Kier molecular flexibility index (Phi) is 9.39. The summed E-state index contributed by atoms with van der Waals surface area (Å²) in [6, 6.07) is 8.18. The van der Waals surface area contributed by atoms with Gasteiger partial charge >= 0.3 is 0 Å². The molecule has 2 aromatic rings. The number of aliphatic hydroxyl groups excluding tert-OH is 4. The van der Waals surface area contributed by atoms with Crippen LogP contribution < -0.4 is 10.1 Å². The Balaban J connectivity index is 1.33. The third-order valence-electron chi connectivity index (χ3n) is 10.6. The normalized spacial score (nSPS) is 34.4. The van der Waals surface area contributed by atoms with Crippen molar-refractivity contribution in [1.29, 1.82) is 0 Å². The summed E-state index contributed by atoms with van der Waals surface area (Å²) in [6.45, 7) is -0.683.